The molecule has 3 heteroatoms. The second-order valence-electron chi connectivity index (χ2n) is 6.99. The molecule has 3 nitrogen and oxygen atoms in total. The molecule has 4 unspecified atom stereocenters. The van der Waals surface area contributed by atoms with Gasteiger partial charge in [0.25, 0.3) is 0 Å². The summed E-state index contributed by atoms with van der Waals surface area (Å²) in [6.45, 7) is 8.99. The maximum atomic E-state index is 11.3. The number of hydrogen-bond donors (Lipinski definition) is 0. The van der Waals surface area contributed by atoms with E-state index in [9.17, 15) is 4.79 Å². The molecule has 0 radical (unpaired) electrons. The van der Waals surface area contributed by atoms with Crippen LogP contribution in [0.3, 0.4) is 0 Å². The minimum Gasteiger partial charge on any atom is -0.469 e. The van der Waals surface area contributed by atoms with Crippen molar-refractivity contribution in [2.45, 2.75) is 52.9 Å². The number of furan rings is 1. The van der Waals surface area contributed by atoms with Gasteiger partial charge in [-0.3, -0.25) is 4.79 Å². The number of fused-ring (bicyclic) bond motifs is 2. The van der Waals surface area contributed by atoms with Crippen LogP contribution in [0.4, 0.5) is 0 Å². The van der Waals surface area contributed by atoms with Crippen LogP contribution in [0.25, 0.3) is 0 Å². The Morgan fingerprint density at radius 1 is 1.50 bits per heavy atom. The Kier molecular flexibility index (Phi) is 3.00. The molecule has 0 aliphatic heterocycles. The molecule has 4 atom stereocenters. The lowest BCUT2D eigenvalue weighted by Gasteiger charge is -2.52. The SMILES string of the molecule is CC(=O)OCC12Cc3occc3C(C)C1(C)CCC2C. The van der Waals surface area contributed by atoms with Gasteiger partial charge in [-0.25, -0.2) is 0 Å². The first-order chi connectivity index (χ1) is 9.41. The molecule has 0 saturated heterocycles. The van der Waals surface area contributed by atoms with Crippen molar-refractivity contribution < 1.29 is 13.9 Å². The Morgan fingerprint density at radius 2 is 2.25 bits per heavy atom. The molecule has 0 amide bonds. The zero-order chi connectivity index (χ0) is 14.5. The molecule has 1 heterocycles. The number of carbonyl (C=O) groups is 1. The van der Waals surface area contributed by atoms with E-state index in [0.29, 0.717) is 18.4 Å². The highest BCUT2D eigenvalue weighted by Crippen LogP contribution is 2.66. The van der Waals surface area contributed by atoms with Gasteiger partial charge < -0.3 is 9.15 Å². The highest BCUT2D eigenvalue weighted by Gasteiger charge is 2.62. The summed E-state index contributed by atoms with van der Waals surface area (Å²) >= 11 is 0. The van der Waals surface area contributed by atoms with Crippen LogP contribution in [0.15, 0.2) is 16.7 Å². The molecule has 0 aromatic carbocycles. The first kappa shape index (κ1) is 13.7. The molecule has 1 saturated carbocycles. The minimum atomic E-state index is -0.182. The van der Waals surface area contributed by atoms with Crippen molar-refractivity contribution in [2.75, 3.05) is 6.61 Å². The molecule has 1 fully saturated rings. The van der Waals surface area contributed by atoms with Crippen molar-refractivity contribution in [1.29, 1.82) is 0 Å². The van der Waals surface area contributed by atoms with Crippen LogP contribution in [0.1, 0.15) is 57.8 Å². The number of carbonyl (C=O) groups excluding carboxylic acids is 1. The van der Waals surface area contributed by atoms with Crippen molar-refractivity contribution in [3.63, 3.8) is 0 Å². The molecular formula is C17H24O3. The molecule has 110 valence electrons. The predicted molar refractivity (Wildman–Crippen MR) is 76.4 cm³/mol. The van der Waals surface area contributed by atoms with E-state index in [2.05, 4.69) is 26.8 Å². The molecular weight excluding hydrogens is 252 g/mol. The van der Waals surface area contributed by atoms with Crippen molar-refractivity contribution in [3.05, 3.63) is 23.7 Å². The maximum Gasteiger partial charge on any atom is 0.302 e. The van der Waals surface area contributed by atoms with E-state index in [0.717, 1.165) is 12.2 Å². The van der Waals surface area contributed by atoms with Crippen LogP contribution in [0.5, 0.6) is 0 Å². The van der Waals surface area contributed by atoms with Gasteiger partial charge in [-0.15, -0.1) is 0 Å². The number of rotatable bonds is 2. The lowest BCUT2D eigenvalue weighted by atomic mass is 9.52. The quantitative estimate of drug-likeness (QED) is 0.768. The number of esters is 1. The van der Waals surface area contributed by atoms with E-state index >= 15 is 0 Å². The second kappa shape index (κ2) is 4.37. The summed E-state index contributed by atoms with van der Waals surface area (Å²) in [5.41, 5.74) is 1.54. The number of hydrogen-bond acceptors (Lipinski definition) is 3. The van der Waals surface area contributed by atoms with E-state index in [1.807, 2.05) is 0 Å². The van der Waals surface area contributed by atoms with E-state index in [1.165, 1.54) is 25.3 Å². The van der Waals surface area contributed by atoms with Crippen molar-refractivity contribution in [2.24, 2.45) is 16.7 Å². The van der Waals surface area contributed by atoms with Gasteiger partial charge in [0, 0.05) is 18.8 Å². The molecule has 0 spiro atoms. The average molecular weight is 276 g/mol. The topological polar surface area (TPSA) is 39.4 Å². The van der Waals surface area contributed by atoms with Gasteiger partial charge in [0.2, 0.25) is 0 Å². The Bertz CT molecular complexity index is 532. The monoisotopic (exact) mass is 276 g/mol. The Balaban J connectivity index is 2.05. The first-order valence-corrected chi connectivity index (χ1v) is 7.60. The van der Waals surface area contributed by atoms with Gasteiger partial charge in [-0.05, 0) is 41.7 Å². The molecule has 20 heavy (non-hydrogen) atoms. The van der Waals surface area contributed by atoms with E-state index < -0.39 is 0 Å². The van der Waals surface area contributed by atoms with Crippen molar-refractivity contribution >= 4 is 5.97 Å². The van der Waals surface area contributed by atoms with Gasteiger partial charge in [-0.1, -0.05) is 20.8 Å². The van der Waals surface area contributed by atoms with Crippen LogP contribution in [-0.4, -0.2) is 12.6 Å². The summed E-state index contributed by atoms with van der Waals surface area (Å²) in [6.07, 6.45) is 5.09. The summed E-state index contributed by atoms with van der Waals surface area (Å²) in [5, 5.41) is 0. The molecule has 1 aromatic rings. The Morgan fingerprint density at radius 3 is 2.95 bits per heavy atom. The summed E-state index contributed by atoms with van der Waals surface area (Å²) in [5.74, 6) is 1.91. The fourth-order valence-corrected chi connectivity index (χ4v) is 4.73. The molecule has 2 aliphatic rings. The fourth-order valence-electron chi connectivity index (χ4n) is 4.73. The largest absolute Gasteiger partial charge is 0.469 e. The molecule has 3 rings (SSSR count). The fraction of sp³-hybridized carbons (Fsp3) is 0.706. The molecule has 0 bridgehead atoms. The standard InChI is InChI=1S/C17H24O3/c1-11-5-7-16(4)12(2)14-6-8-19-15(14)9-17(11,16)10-20-13(3)18/h6,8,11-12H,5,7,9-10H2,1-4H3. The second-order valence-corrected chi connectivity index (χ2v) is 6.99. The third kappa shape index (κ3) is 1.61. The van der Waals surface area contributed by atoms with Gasteiger partial charge in [0.1, 0.15) is 5.76 Å². The lowest BCUT2D eigenvalue weighted by Crippen LogP contribution is -2.50. The maximum absolute atomic E-state index is 11.3. The minimum absolute atomic E-state index is 0.0168. The van der Waals surface area contributed by atoms with Crippen molar-refractivity contribution in [3.8, 4) is 0 Å². The van der Waals surface area contributed by atoms with Gasteiger partial charge in [0.15, 0.2) is 0 Å². The van der Waals surface area contributed by atoms with Gasteiger partial charge in [0.05, 0.1) is 12.9 Å². The normalized spacial score (nSPS) is 39.2. The Labute approximate surface area is 120 Å². The molecule has 1 aromatic heterocycles. The van der Waals surface area contributed by atoms with Crippen LogP contribution in [0, 0.1) is 16.7 Å². The third-order valence-corrected chi connectivity index (χ3v) is 6.39. The van der Waals surface area contributed by atoms with Gasteiger partial charge in [-0.2, -0.15) is 0 Å². The Hall–Kier alpha value is -1.25. The van der Waals surface area contributed by atoms with Crippen LogP contribution >= 0.6 is 0 Å². The lowest BCUT2D eigenvalue weighted by molar-refractivity contribution is -0.150. The van der Waals surface area contributed by atoms with E-state index in [1.54, 1.807) is 6.26 Å². The highest BCUT2D eigenvalue weighted by molar-refractivity contribution is 5.66. The van der Waals surface area contributed by atoms with E-state index in [4.69, 9.17) is 9.15 Å². The third-order valence-electron chi connectivity index (χ3n) is 6.39. The van der Waals surface area contributed by atoms with E-state index in [-0.39, 0.29) is 16.8 Å². The van der Waals surface area contributed by atoms with Crippen LogP contribution < -0.4 is 0 Å². The summed E-state index contributed by atoms with van der Waals surface area (Å²) in [6, 6.07) is 2.12. The average Bonchev–Trinajstić information content (AvgIpc) is 2.95. The summed E-state index contributed by atoms with van der Waals surface area (Å²) in [4.78, 5) is 11.3. The predicted octanol–water partition coefficient (Wildman–Crippen LogP) is 3.92. The van der Waals surface area contributed by atoms with Crippen LogP contribution in [-0.2, 0) is 16.0 Å². The zero-order valence-electron chi connectivity index (χ0n) is 12.9. The summed E-state index contributed by atoms with van der Waals surface area (Å²) in [7, 11) is 0. The smallest absolute Gasteiger partial charge is 0.302 e. The molecule has 2 aliphatic carbocycles. The number of ether oxygens (including phenoxy) is 1. The van der Waals surface area contributed by atoms with Crippen molar-refractivity contribution in [1.82, 2.24) is 0 Å². The summed E-state index contributed by atoms with van der Waals surface area (Å²) < 4.78 is 11.2. The van der Waals surface area contributed by atoms with Crippen LogP contribution in [0.2, 0.25) is 0 Å². The molecule has 0 N–H and O–H groups in total. The zero-order valence-corrected chi connectivity index (χ0v) is 12.9. The highest BCUT2D eigenvalue weighted by atomic mass is 16.5. The van der Waals surface area contributed by atoms with Gasteiger partial charge >= 0.3 is 5.97 Å². The first-order valence-electron chi connectivity index (χ1n) is 7.60.